The Morgan fingerprint density at radius 1 is 1.22 bits per heavy atom. The maximum atomic E-state index is 12.6. The molecule has 0 radical (unpaired) electrons. The molecule has 1 amide bonds. The first-order valence-corrected chi connectivity index (χ1v) is 8.68. The van der Waals surface area contributed by atoms with Crippen molar-refractivity contribution < 1.29 is 4.79 Å². The van der Waals surface area contributed by atoms with E-state index in [1.807, 2.05) is 56.3 Å². The molecule has 2 aromatic carbocycles. The molecule has 5 heteroatoms. The van der Waals surface area contributed by atoms with Crippen LogP contribution in [0.25, 0.3) is 10.2 Å². The Balaban J connectivity index is 1.85. The fourth-order valence-electron chi connectivity index (χ4n) is 2.40. The highest BCUT2D eigenvalue weighted by Gasteiger charge is 2.18. The van der Waals surface area contributed by atoms with E-state index < -0.39 is 0 Å². The average molecular weight is 345 g/mol. The number of anilines is 1. The lowest BCUT2D eigenvalue weighted by molar-refractivity contribution is -0.117. The van der Waals surface area contributed by atoms with Gasteiger partial charge < -0.3 is 0 Å². The molecule has 0 unspecified atom stereocenters. The van der Waals surface area contributed by atoms with Gasteiger partial charge in [0.2, 0.25) is 5.91 Å². The van der Waals surface area contributed by atoms with E-state index >= 15 is 0 Å². The van der Waals surface area contributed by atoms with Gasteiger partial charge in [0, 0.05) is 11.6 Å². The van der Waals surface area contributed by atoms with Crippen molar-refractivity contribution in [3.63, 3.8) is 0 Å². The standard InChI is InChI=1S/C18H17ClN2OS/c1-3-21(17(22)10-13-6-4-12(2)5-7-13)18-20-15-11-14(19)8-9-16(15)23-18/h4-9,11H,3,10H2,1-2H3. The molecule has 0 bridgehead atoms. The number of aromatic nitrogens is 1. The number of hydrogen-bond acceptors (Lipinski definition) is 3. The Morgan fingerprint density at radius 2 is 1.96 bits per heavy atom. The molecular formula is C18H17ClN2OS. The van der Waals surface area contributed by atoms with Crippen molar-refractivity contribution in [2.75, 3.05) is 11.4 Å². The molecule has 0 N–H and O–H groups in total. The molecule has 0 atom stereocenters. The van der Waals surface area contributed by atoms with E-state index in [1.54, 1.807) is 4.90 Å². The van der Waals surface area contributed by atoms with Crippen LogP contribution < -0.4 is 4.90 Å². The number of likely N-dealkylation sites (N-methyl/N-ethyl adjacent to an activating group) is 1. The molecule has 0 aliphatic rings. The number of amides is 1. The van der Waals surface area contributed by atoms with Gasteiger partial charge in [-0.3, -0.25) is 9.69 Å². The molecule has 3 rings (SSSR count). The number of nitrogens with zero attached hydrogens (tertiary/aromatic N) is 2. The minimum atomic E-state index is 0.0570. The number of benzene rings is 2. The van der Waals surface area contributed by atoms with Crippen LogP contribution in [0.2, 0.25) is 5.02 Å². The zero-order valence-electron chi connectivity index (χ0n) is 13.0. The number of rotatable bonds is 4. The predicted molar refractivity (Wildman–Crippen MR) is 97.5 cm³/mol. The van der Waals surface area contributed by atoms with E-state index in [0.717, 1.165) is 20.9 Å². The normalized spacial score (nSPS) is 10.9. The molecule has 0 aliphatic carbocycles. The Labute approximate surface area is 144 Å². The summed E-state index contributed by atoms with van der Waals surface area (Å²) in [7, 11) is 0. The highest BCUT2D eigenvalue weighted by Crippen LogP contribution is 2.30. The second kappa shape index (κ2) is 6.69. The van der Waals surface area contributed by atoms with E-state index in [9.17, 15) is 4.79 Å². The third kappa shape index (κ3) is 3.54. The molecule has 0 saturated heterocycles. The van der Waals surface area contributed by atoms with Gasteiger partial charge in [-0.25, -0.2) is 4.98 Å². The number of halogens is 1. The van der Waals surface area contributed by atoms with Crippen molar-refractivity contribution in [2.24, 2.45) is 0 Å². The van der Waals surface area contributed by atoms with E-state index in [0.29, 0.717) is 18.0 Å². The van der Waals surface area contributed by atoms with E-state index in [4.69, 9.17) is 11.6 Å². The average Bonchev–Trinajstić information content (AvgIpc) is 2.93. The van der Waals surface area contributed by atoms with Crippen LogP contribution in [-0.2, 0) is 11.2 Å². The van der Waals surface area contributed by atoms with Gasteiger partial charge in [0.1, 0.15) is 0 Å². The van der Waals surface area contributed by atoms with E-state index in [-0.39, 0.29) is 5.91 Å². The Kier molecular flexibility index (Phi) is 4.64. The fraction of sp³-hybridized carbons (Fsp3) is 0.222. The molecule has 3 aromatic rings. The topological polar surface area (TPSA) is 33.2 Å². The van der Waals surface area contributed by atoms with Crippen molar-refractivity contribution in [1.29, 1.82) is 0 Å². The van der Waals surface area contributed by atoms with E-state index in [1.165, 1.54) is 16.9 Å². The molecule has 118 valence electrons. The van der Waals surface area contributed by atoms with Crippen molar-refractivity contribution >= 4 is 44.2 Å². The minimum Gasteiger partial charge on any atom is -0.288 e. The van der Waals surface area contributed by atoms with Crippen molar-refractivity contribution in [1.82, 2.24) is 4.98 Å². The number of hydrogen-bond donors (Lipinski definition) is 0. The van der Waals surface area contributed by atoms with Crippen LogP contribution in [0.3, 0.4) is 0 Å². The maximum absolute atomic E-state index is 12.6. The lowest BCUT2D eigenvalue weighted by Crippen LogP contribution is -2.31. The summed E-state index contributed by atoms with van der Waals surface area (Å²) in [4.78, 5) is 18.9. The number of fused-ring (bicyclic) bond motifs is 1. The minimum absolute atomic E-state index is 0.0570. The second-order valence-corrected chi connectivity index (χ2v) is 6.85. The SMILES string of the molecule is CCN(C(=O)Cc1ccc(C)cc1)c1nc2cc(Cl)ccc2s1. The van der Waals surface area contributed by atoms with Gasteiger partial charge >= 0.3 is 0 Å². The molecule has 0 saturated carbocycles. The fourth-order valence-corrected chi connectivity index (χ4v) is 3.59. The third-order valence-corrected chi connectivity index (χ3v) is 4.96. The van der Waals surface area contributed by atoms with Gasteiger partial charge in [-0.1, -0.05) is 52.8 Å². The van der Waals surface area contributed by atoms with Crippen molar-refractivity contribution in [2.45, 2.75) is 20.3 Å². The quantitative estimate of drug-likeness (QED) is 0.677. The first kappa shape index (κ1) is 16.0. The number of carbonyl (C=O) groups excluding carboxylic acids is 1. The highest BCUT2D eigenvalue weighted by atomic mass is 35.5. The summed E-state index contributed by atoms with van der Waals surface area (Å²) in [5.74, 6) is 0.0570. The molecular weight excluding hydrogens is 328 g/mol. The highest BCUT2D eigenvalue weighted by molar-refractivity contribution is 7.22. The Morgan fingerprint density at radius 3 is 2.65 bits per heavy atom. The Hall–Kier alpha value is -1.91. The molecule has 23 heavy (non-hydrogen) atoms. The monoisotopic (exact) mass is 344 g/mol. The van der Waals surface area contributed by atoms with Gasteiger partial charge in [0.05, 0.1) is 16.6 Å². The lowest BCUT2D eigenvalue weighted by atomic mass is 10.1. The summed E-state index contributed by atoms with van der Waals surface area (Å²) in [6.45, 7) is 4.60. The summed E-state index contributed by atoms with van der Waals surface area (Å²) in [5.41, 5.74) is 3.04. The smallest absolute Gasteiger partial charge is 0.233 e. The van der Waals surface area contributed by atoms with Crippen LogP contribution in [0, 0.1) is 6.92 Å². The van der Waals surface area contributed by atoms with Gasteiger partial charge in [-0.2, -0.15) is 0 Å². The zero-order valence-corrected chi connectivity index (χ0v) is 14.6. The van der Waals surface area contributed by atoms with Crippen molar-refractivity contribution in [3.05, 3.63) is 58.6 Å². The number of carbonyl (C=O) groups is 1. The summed E-state index contributed by atoms with van der Waals surface area (Å²) in [5, 5.41) is 1.38. The number of aryl methyl sites for hydroxylation is 1. The second-order valence-electron chi connectivity index (χ2n) is 5.41. The van der Waals surface area contributed by atoms with Crippen LogP contribution in [-0.4, -0.2) is 17.4 Å². The van der Waals surface area contributed by atoms with Gasteiger partial charge in [0.25, 0.3) is 0 Å². The van der Waals surface area contributed by atoms with Gasteiger partial charge in [-0.15, -0.1) is 0 Å². The summed E-state index contributed by atoms with van der Waals surface area (Å²) in [6, 6.07) is 13.7. The zero-order chi connectivity index (χ0) is 16.4. The van der Waals surface area contributed by atoms with Crippen molar-refractivity contribution in [3.8, 4) is 0 Å². The van der Waals surface area contributed by atoms with Crippen LogP contribution in [0.4, 0.5) is 5.13 Å². The van der Waals surface area contributed by atoms with Crippen LogP contribution in [0.1, 0.15) is 18.1 Å². The summed E-state index contributed by atoms with van der Waals surface area (Å²) < 4.78 is 1.03. The molecule has 1 aromatic heterocycles. The summed E-state index contributed by atoms with van der Waals surface area (Å²) >= 11 is 7.52. The molecule has 0 aliphatic heterocycles. The van der Waals surface area contributed by atoms with Crippen LogP contribution >= 0.6 is 22.9 Å². The molecule has 0 spiro atoms. The predicted octanol–water partition coefficient (Wildman–Crippen LogP) is 4.85. The maximum Gasteiger partial charge on any atom is 0.233 e. The van der Waals surface area contributed by atoms with Gasteiger partial charge in [0.15, 0.2) is 5.13 Å². The molecule has 1 heterocycles. The van der Waals surface area contributed by atoms with E-state index in [2.05, 4.69) is 4.98 Å². The number of thiazole rings is 1. The lowest BCUT2D eigenvalue weighted by Gasteiger charge is -2.17. The first-order valence-electron chi connectivity index (χ1n) is 7.49. The van der Waals surface area contributed by atoms with Crippen LogP contribution in [0.15, 0.2) is 42.5 Å². The largest absolute Gasteiger partial charge is 0.288 e. The molecule has 3 nitrogen and oxygen atoms in total. The summed E-state index contributed by atoms with van der Waals surface area (Å²) in [6.07, 6.45) is 0.380. The third-order valence-electron chi connectivity index (χ3n) is 3.66. The van der Waals surface area contributed by atoms with Crippen LogP contribution in [0.5, 0.6) is 0 Å². The first-order chi connectivity index (χ1) is 11.1. The van der Waals surface area contributed by atoms with Gasteiger partial charge in [-0.05, 0) is 37.6 Å². The Bertz CT molecular complexity index is 842. The molecule has 0 fully saturated rings.